The lowest BCUT2D eigenvalue weighted by Crippen LogP contribution is -2.41. The second-order valence-electron chi connectivity index (χ2n) is 13.7. The number of benzene rings is 2. The summed E-state index contributed by atoms with van der Waals surface area (Å²) < 4.78 is 12.7. The lowest BCUT2D eigenvalue weighted by molar-refractivity contribution is -0.123. The standard InChI is InChI=1S/C39H52N4O5/c1-27(2)43-25-34(23-40-43)32-7-5-8-36(22-32)42(24-29-9-11-30(12-10-29)33-15-18-37(47-4)28(3)21-33)39(46)31-13-16-35(17-14-31)41-38(45)26-48-20-6-19-44/h5,7-8,15,18,21-23,25,27,29-31,44H,6,9-14,16-17,19-20,24,26H2,1-4H3. The van der Waals surface area contributed by atoms with Crippen LogP contribution in [-0.2, 0) is 14.3 Å². The van der Waals surface area contributed by atoms with E-state index in [0.29, 0.717) is 57.1 Å². The van der Waals surface area contributed by atoms with Crippen molar-refractivity contribution in [1.29, 1.82) is 0 Å². The van der Waals surface area contributed by atoms with E-state index in [2.05, 4.69) is 73.5 Å². The van der Waals surface area contributed by atoms with Crippen molar-refractivity contribution in [3.05, 3.63) is 66.0 Å². The first kappa shape index (κ1) is 35.5. The average Bonchev–Trinajstić information content (AvgIpc) is 3.61. The summed E-state index contributed by atoms with van der Waals surface area (Å²) in [6, 6.07) is 15.2. The number of aryl methyl sites for hydroxylation is 1. The summed E-state index contributed by atoms with van der Waals surface area (Å²) in [5.41, 5.74) is 6.41. The predicted molar refractivity (Wildman–Crippen MR) is 190 cm³/mol. The number of rotatable bonds is 13. The summed E-state index contributed by atoms with van der Waals surface area (Å²) in [6.07, 6.45) is 11.4. The van der Waals surface area contributed by atoms with Crippen molar-refractivity contribution in [2.45, 2.75) is 90.5 Å². The molecule has 9 heteroatoms. The number of methoxy groups -OCH3 is 1. The van der Waals surface area contributed by atoms with E-state index in [1.54, 1.807) is 7.11 Å². The van der Waals surface area contributed by atoms with Crippen molar-refractivity contribution < 1.29 is 24.2 Å². The first-order valence-corrected chi connectivity index (χ1v) is 17.6. The number of hydrogen-bond donors (Lipinski definition) is 1. The molecule has 3 aromatic rings. The van der Waals surface area contributed by atoms with Crippen LogP contribution in [0.5, 0.6) is 5.75 Å². The fourth-order valence-electron chi connectivity index (χ4n) is 7.10. The molecule has 2 aliphatic rings. The second kappa shape index (κ2) is 17.0. The minimum atomic E-state index is -0.299. The minimum Gasteiger partial charge on any atom is -0.496 e. The number of nitrogens with zero attached hydrogens (tertiary/aromatic N) is 4. The molecule has 0 spiro atoms. The van der Waals surface area contributed by atoms with Crippen LogP contribution in [-0.4, -0.2) is 65.9 Å². The Morgan fingerprint density at radius 2 is 1.81 bits per heavy atom. The largest absolute Gasteiger partial charge is 0.496 e. The molecule has 5 rings (SSSR count). The number of ether oxygens (including phenoxy) is 2. The molecule has 2 fully saturated rings. The van der Waals surface area contributed by atoms with E-state index in [0.717, 1.165) is 54.0 Å². The van der Waals surface area contributed by atoms with Gasteiger partial charge in [0.05, 0.1) is 13.3 Å². The quantitative estimate of drug-likeness (QED) is 0.193. The van der Waals surface area contributed by atoms with Gasteiger partial charge >= 0.3 is 0 Å². The summed E-state index contributed by atoms with van der Waals surface area (Å²) >= 11 is 0. The molecule has 1 N–H and O–H groups in total. The predicted octanol–water partition coefficient (Wildman–Crippen LogP) is 7.31. The van der Waals surface area contributed by atoms with Crippen LogP contribution < -0.4 is 9.64 Å². The molecule has 2 aromatic carbocycles. The fraction of sp³-hybridized carbons (Fsp3) is 0.538. The van der Waals surface area contributed by atoms with Crippen molar-refractivity contribution in [2.24, 2.45) is 16.8 Å². The maximum atomic E-state index is 14.4. The van der Waals surface area contributed by atoms with Gasteiger partial charge in [0.15, 0.2) is 0 Å². The van der Waals surface area contributed by atoms with Gasteiger partial charge in [-0.05, 0) is 125 Å². The maximum absolute atomic E-state index is 14.4. The van der Waals surface area contributed by atoms with Gasteiger partial charge in [0.1, 0.15) is 12.4 Å². The Hall–Kier alpha value is -3.82. The smallest absolute Gasteiger partial charge is 0.271 e. The number of aromatic nitrogens is 2. The Morgan fingerprint density at radius 1 is 1.04 bits per heavy atom. The molecular formula is C39H52N4O5. The molecule has 2 saturated carbocycles. The summed E-state index contributed by atoms with van der Waals surface area (Å²) in [4.78, 5) is 33.0. The number of carbonyl (C=O) groups is 2. The second-order valence-corrected chi connectivity index (χ2v) is 13.7. The summed E-state index contributed by atoms with van der Waals surface area (Å²) in [7, 11) is 1.72. The Kier molecular flexibility index (Phi) is 12.6. The van der Waals surface area contributed by atoms with Crippen molar-refractivity contribution in [3.63, 3.8) is 0 Å². The number of aliphatic imine (C=N–C) groups is 1. The van der Waals surface area contributed by atoms with Gasteiger partial charge in [-0.1, -0.05) is 24.3 Å². The van der Waals surface area contributed by atoms with Crippen LogP contribution in [0.3, 0.4) is 0 Å². The van der Waals surface area contributed by atoms with Crippen LogP contribution in [0.2, 0.25) is 0 Å². The number of aliphatic hydroxyl groups is 1. The van der Waals surface area contributed by atoms with Gasteiger partial charge < -0.3 is 19.5 Å². The number of amides is 2. The van der Waals surface area contributed by atoms with E-state index in [9.17, 15) is 9.59 Å². The van der Waals surface area contributed by atoms with E-state index in [4.69, 9.17) is 14.6 Å². The van der Waals surface area contributed by atoms with E-state index in [1.165, 1.54) is 11.1 Å². The highest BCUT2D eigenvalue weighted by Gasteiger charge is 2.32. The number of carbonyl (C=O) groups excluding carboxylic acids is 2. The van der Waals surface area contributed by atoms with Gasteiger partial charge in [0.2, 0.25) is 5.91 Å². The molecule has 258 valence electrons. The zero-order valence-corrected chi connectivity index (χ0v) is 29.1. The molecule has 9 nitrogen and oxygen atoms in total. The van der Waals surface area contributed by atoms with Crippen LogP contribution in [0.4, 0.5) is 5.69 Å². The van der Waals surface area contributed by atoms with Crippen LogP contribution in [0.1, 0.15) is 94.7 Å². The first-order chi connectivity index (χ1) is 23.2. The lowest BCUT2D eigenvalue weighted by atomic mass is 9.78. The third kappa shape index (κ3) is 9.20. The van der Waals surface area contributed by atoms with E-state index < -0.39 is 0 Å². The van der Waals surface area contributed by atoms with Crippen LogP contribution in [0.15, 0.2) is 59.9 Å². The third-order valence-corrected chi connectivity index (χ3v) is 9.93. The average molecular weight is 657 g/mol. The zero-order valence-electron chi connectivity index (χ0n) is 29.1. The molecule has 0 bridgehead atoms. The molecule has 0 atom stereocenters. The van der Waals surface area contributed by atoms with Gasteiger partial charge in [-0.2, -0.15) is 5.10 Å². The topological polar surface area (TPSA) is 106 Å². The summed E-state index contributed by atoms with van der Waals surface area (Å²) in [6.45, 7) is 7.32. The summed E-state index contributed by atoms with van der Waals surface area (Å²) in [5.74, 6) is 1.61. The zero-order chi connectivity index (χ0) is 34.0. The van der Waals surface area contributed by atoms with E-state index in [1.807, 2.05) is 21.8 Å². The van der Waals surface area contributed by atoms with Gasteiger partial charge in [0.25, 0.3) is 5.91 Å². The number of hydrogen-bond acceptors (Lipinski definition) is 6. The third-order valence-electron chi connectivity index (χ3n) is 9.93. The Bertz CT molecular complexity index is 1550. The van der Waals surface area contributed by atoms with E-state index in [-0.39, 0.29) is 37.0 Å². The lowest BCUT2D eigenvalue weighted by Gasteiger charge is -2.35. The molecule has 0 unspecified atom stereocenters. The van der Waals surface area contributed by atoms with Gasteiger partial charge in [-0.3, -0.25) is 14.3 Å². The summed E-state index contributed by atoms with van der Waals surface area (Å²) in [5, 5.41) is 13.4. The van der Waals surface area contributed by atoms with Gasteiger partial charge in [-0.15, -0.1) is 0 Å². The normalized spacial score (nSPS) is 19.7. The molecule has 2 amide bonds. The molecule has 1 heterocycles. The monoisotopic (exact) mass is 656 g/mol. The van der Waals surface area contributed by atoms with E-state index >= 15 is 0 Å². The molecule has 48 heavy (non-hydrogen) atoms. The highest BCUT2D eigenvalue weighted by molar-refractivity contribution is 6.00. The van der Waals surface area contributed by atoms with Crippen LogP contribution in [0, 0.1) is 18.8 Å². The van der Waals surface area contributed by atoms with Crippen LogP contribution >= 0.6 is 0 Å². The molecule has 0 saturated heterocycles. The van der Waals surface area contributed by atoms with Gasteiger partial charge in [0, 0.05) is 54.9 Å². The van der Waals surface area contributed by atoms with Crippen molar-refractivity contribution >= 4 is 23.2 Å². The SMILES string of the molecule is COc1ccc(C2CCC(CN(C(=O)C3CCC(=NC(=O)COCCCO)CC3)c3cccc(-c4cnn(C(C)C)c4)c3)CC2)cc1C. The minimum absolute atomic E-state index is 0.0347. The van der Waals surface area contributed by atoms with Crippen molar-refractivity contribution in [1.82, 2.24) is 9.78 Å². The number of aliphatic hydroxyl groups excluding tert-OH is 1. The molecular weight excluding hydrogens is 604 g/mol. The fourth-order valence-corrected chi connectivity index (χ4v) is 7.10. The Labute approximate surface area is 285 Å². The molecule has 0 radical (unpaired) electrons. The van der Waals surface area contributed by atoms with Crippen molar-refractivity contribution in [3.8, 4) is 16.9 Å². The molecule has 1 aromatic heterocycles. The first-order valence-electron chi connectivity index (χ1n) is 17.6. The molecule has 0 aliphatic heterocycles. The maximum Gasteiger partial charge on any atom is 0.271 e. The van der Waals surface area contributed by atoms with Crippen LogP contribution in [0.25, 0.3) is 11.1 Å². The Morgan fingerprint density at radius 3 is 2.48 bits per heavy atom. The molecule has 2 aliphatic carbocycles. The highest BCUT2D eigenvalue weighted by atomic mass is 16.5. The number of anilines is 1. The highest BCUT2D eigenvalue weighted by Crippen LogP contribution is 2.39. The van der Waals surface area contributed by atoms with Gasteiger partial charge in [-0.25, -0.2) is 4.99 Å². The Balaban J connectivity index is 1.29. The van der Waals surface area contributed by atoms with Crippen molar-refractivity contribution in [2.75, 3.05) is 38.4 Å².